The zero-order valence-electron chi connectivity index (χ0n) is 12.8. The molecule has 1 amide bonds. The summed E-state index contributed by atoms with van der Waals surface area (Å²) in [5, 5.41) is 2.46. The van der Waals surface area contributed by atoms with Crippen LogP contribution in [0, 0.1) is 0 Å². The van der Waals surface area contributed by atoms with Gasteiger partial charge in [0.15, 0.2) is 9.84 Å². The van der Waals surface area contributed by atoms with Gasteiger partial charge in [0.25, 0.3) is 0 Å². The maximum Gasteiger partial charge on any atom is 0.238 e. The van der Waals surface area contributed by atoms with E-state index in [2.05, 4.69) is 5.32 Å². The SMILES string of the molecule is CCC(CC)(NC(=O)C(C)S(C)(=O)=O)c1ccc(Cl)cc1. The van der Waals surface area contributed by atoms with E-state index in [1.807, 2.05) is 26.0 Å². The summed E-state index contributed by atoms with van der Waals surface area (Å²) in [4.78, 5) is 12.2. The van der Waals surface area contributed by atoms with Crippen molar-refractivity contribution in [3.8, 4) is 0 Å². The molecule has 0 aliphatic heterocycles. The maximum absolute atomic E-state index is 12.2. The summed E-state index contributed by atoms with van der Waals surface area (Å²) in [7, 11) is -3.41. The molecule has 0 saturated heterocycles. The molecule has 0 spiro atoms. The quantitative estimate of drug-likeness (QED) is 0.871. The number of hydrogen-bond acceptors (Lipinski definition) is 3. The van der Waals surface area contributed by atoms with E-state index in [1.165, 1.54) is 6.92 Å². The first kappa shape index (κ1) is 18.0. The fourth-order valence-corrected chi connectivity index (χ4v) is 2.78. The summed E-state index contributed by atoms with van der Waals surface area (Å²) in [6, 6.07) is 7.26. The van der Waals surface area contributed by atoms with Crippen molar-refractivity contribution in [3.63, 3.8) is 0 Å². The molecule has 4 nitrogen and oxygen atoms in total. The number of carbonyl (C=O) groups is 1. The maximum atomic E-state index is 12.2. The molecular weight excluding hydrogens is 310 g/mol. The smallest absolute Gasteiger partial charge is 0.238 e. The fourth-order valence-electron chi connectivity index (χ4n) is 2.21. The zero-order chi connectivity index (χ0) is 16.3. The Labute approximate surface area is 131 Å². The van der Waals surface area contributed by atoms with E-state index in [4.69, 9.17) is 11.6 Å². The van der Waals surface area contributed by atoms with E-state index < -0.39 is 26.5 Å². The van der Waals surface area contributed by atoms with Crippen molar-refractivity contribution in [2.45, 2.75) is 44.4 Å². The van der Waals surface area contributed by atoms with Crippen LogP contribution >= 0.6 is 11.6 Å². The highest BCUT2D eigenvalue weighted by Gasteiger charge is 2.34. The molecule has 0 aromatic heterocycles. The van der Waals surface area contributed by atoms with Gasteiger partial charge in [-0.1, -0.05) is 37.6 Å². The minimum Gasteiger partial charge on any atom is -0.345 e. The van der Waals surface area contributed by atoms with Gasteiger partial charge < -0.3 is 5.32 Å². The molecule has 1 aromatic rings. The molecule has 0 aliphatic rings. The van der Waals surface area contributed by atoms with Crippen molar-refractivity contribution in [3.05, 3.63) is 34.9 Å². The second-order valence-electron chi connectivity index (χ2n) is 5.26. The topological polar surface area (TPSA) is 63.2 Å². The third-order valence-electron chi connectivity index (χ3n) is 3.98. The Balaban J connectivity index is 3.12. The largest absolute Gasteiger partial charge is 0.345 e. The van der Waals surface area contributed by atoms with Crippen molar-refractivity contribution < 1.29 is 13.2 Å². The first-order chi connectivity index (χ1) is 9.66. The summed E-state index contributed by atoms with van der Waals surface area (Å²) < 4.78 is 23.1. The zero-order valence-corrected chi connectivity index (χ0v) is 14.4. The third kappa shape index (κ3) is 4.20. The van der Waals surface area contributed by atoms with Gasteiger partial charge in [-0.05, 0) is 37.5 Å². The van der Waals surface area contributed by atoms with E-state index in [0.717, 1.165) is 11.8 Å². The number of rotatable bonds is 6. The van der Waals surface area contributed by atoms with E-state index in [-0.39, 0.29) is 0 Å². The molecule has 0 saturated carbocycles. The highest BCUT2D eigenvalue weighted by molar-refractivity contribution is 7.92. The van der Waals surface area contributed by atoms with Crippen LogP contribution in [0.5, 0.6) is 0 Å². The van der Waals surface area contributed by atoms with Gasteiger partial charge >= 0.3 is 0 Å². The standard InChI is InChI=1S/C15H22ClNO3S/c1-5-15(6-2,12-7-9-13(16)10-8-12)17-14(18)11(3)21(4,19)20/h7-11H,5-6H2,1-4H3,(H,17,18). The van der Waals surface area contributed by atoms with Crippen LogP contribution < -0.4 is 5.32 Å². The Kier molecular flexibility index (Phi) is 5.82. The molecule has 0 bridgehead atoms. The number of hydrogen-bond donors (Lipinski definition) is 1. The Morgan fingerprint density at radius 3 is 2.10 bits per heavy atom. The van der Waals surface area contributed by atoms with Crippen molar-refractivity contribution in [1.82, 2.24) is 5.32 Å². The molecule has 1 N–H and O–H groups in total. The second kappa shape index (κ2) is 6.79. The van der Waals surface area contributed by atoms with Crippen LogP contribution in [0.4, 0.5) is 0 Å². The van der Waals surface area contributed by atoms with E-state index >= 15 is 0 Å². The van der Waals surface area contributed by atoms with Gasteiger partial charge in [-0.2, -0.15) is 0 Å². The molecule has 0 aliphatic carbocycles. The van der Waals surface area contributed by atoms with Crippen molar-refractivity contribution in [2.24, 2.45) is 0 Å². The van der Waals surface area contributed by atoms with Crippen LogP contribution in [-0.4, -0.2) is 25.8 Å². The molecule has 0 heterocycles. The van der Waals surface area contributed by atoms with Crippen LogP contribution in [0.3, 0.4) is 0 Å². The predicted molar refractivity (Wildman–Crippen MR) is 86.2 cm³/mol. The normalized spacial score (nSPS) is 13.8. The van der Waals surface area contributed by atoms with Gasteiger partial charge in [0.2, 0.25) is 5.91 Å². The van der Waals surface area contributed by atoms with Gasteiger partial charge in [0, 0.05) is 11.3 Å². The first-order valence-electron chi connectivity index (χ1n) is 6.93. The average Bonchev–Trinajstić information content (AvgIpc) is 2.44. The van der Waals surface area contributed by atoms with Crippen LogP contribution in [0.25, 0.3) is 0 Å². The average molecular weight is 332 g/mol. The monoisotopic (exact) mass is 331 g/mol. The minimum absolute atomic E-state index is 0.476. The molecule has 1 unspecified atom stereocenters. The predicted octanol–water partition coefficient (Wildman–Crippen LogP) is 2.90. The van der Waals surface area contributed by atoms with Gasteiger partial charge in [0.05, 0.1) is 5.54 Å². The number of carbonyl (C=O) groups excluding carboxylic acids is 1. The van der Waals surface area contributed by atoms with Crippen LogP contribution in [0.1, 0.15) is 39.2 Å². The molecule has 1 atom stereocenters. The summed E-state index contributed by atoms with van der Waals surface area (Å²) in [6.45, 7) is 5.33. The second-order valence-corrected chi connectivity index (χ2v) is 8.06. The molecule has 0 fully saturated rings. The highest BCUT2D eigenvalue weighted by Crippen LogP contribution is 2.30. The number of sulfone groups is 1. The summed E-state index contributed by atoms with van der Waals surface area (Å²) in [6.07, 6.45) is 2.39. The Morgan fingerprint density at radius 2 is 1.71 bits per heavy atom. The van der Waals surface area contributed by atoms with Crippen molar-refractivity contribution >= 4 is 27.3 Å². The number of benzene rings is 1. The Hall–Kier alpha value is -1.07. The van der Waals surface area contributed by atoms with E-state index in [9.17, 15) is 13.2 Å². The number of amides is 1. The summed E-state index contributed by atoms with van der Waals surface area (Å²) in [5.41, 5.74) is 0.339. The van der Waals surface area contributed by atoms with Gasteiger partial charge in [-0.3, -0.25) is 4.79 Å². The van der Waals surface area contributed by atoms with Crippen molar-refractivity contribution in [2.75, 3.05) is 6.26 Å². The summed E-state index contributed by atoms with van der Waals surface area (Å²) >= 11 is 5.90. The molecule has 1 rings (SSSR count). The van der Waals surface area contributed by atoms with Gasteiger partial charge in [0.1, 0.15) is 5.25 Å². The number of halogens is 1. The molecular formula is C15H22ClNO3S. The minimum atomic E-state index is -3.41. The lowest BCUT2D eigenvalue weighted by atomic mass is 9.84. The number of nitrogens with one attached hydrogen (secondary N) is 1. The molecule has 1 aromatic carbocycles. The first-order valence-corrected chi connectivity index (χ1v) is 9.26. The molecule has 6 heteroatoms. The van der Waals surface area contributed by atoms with Crippen molar-refractivity contribution in [1.29, 1.82) is 0 Å². The van der Waals surface area contributed by atoms with Gasteiger partial charge in [-0.25, -0.2) is 8.42 Å². The third-order valence-corrected chi connectivity index (χ3v) is 5.73. The van der Waals surface area contributed by atoms with Crippen LogP contribution in [0.2, 0.25) is 5.02 Å². The molecule has 118 valence electrons. The Bertz CT molecular complexity index is 592. The lowest BCUT2D eigenvalue weighted by molar-refractivity contribution is -0.122. The Morgan fingerprint density at radius 1 is 1.24 bits per heavy atom. The van der Waals surface area contributed by atoms with E-state index in [0.29, 0.717) is 17.9 Å². The molecule has 21 heavy (non-hydrogen) atoms. The lowest BCUT2D eigenvalue weighted by Crippen LogP contribution is -2.49. The highest BCUT2D eigenvalue weighted by atomic mass is 35.5. The van der Waals surface area contributed by atoms with E-state index in [1.54, 1.807) is 12.1 Å². The molecule has 0 radical (unpaired) electrons. The van der Waals surface area contributed by atoms with Gasteiger partial charge in [-0.15, -0.1) is 0 Å². The lowest BCUT2D eigenvalue weighted by Gasteiger charge is -2.34. The van der Waals surface area contributed by atoms with Crippen LogP contribution in [0.15, 0.2) is 24.3 Å². The fraction of sp³-hybridized carbons (Fsp3) is 0.533. The summed E-state index contributed by atoms with van der Waals surface area (Å²) in [5.74, 6) is -0.476. The van der Waals surface area contributed by atoms with Crippen LogP contribution in [-0.2, 0) is 20.2 Å².